The maximum atomic E-state index is 12.0. The maximum absolute atomic E-state index is 12.0. The molecule has 1 fully saturated rings. The van der Waals surface area contributed by atoms with Crippen molar-refractivity contribution in [2.75, 3.05) is 6.54 Å². The van der Waals surface area contributed by atoms with Crippen molar-refractivity contribution >= 4 is 17.2 Å². The quantitative estimate of drug-likeness (QED) is 0.750. The molecule has 5 nitrogen and oxygen atoms in total. The van der Waals surface area contributed by atoms with Crippen LogP contribution in [0.5, 0.6) is 0 Å². The molecular formula is C12H19N3O2S. The molecule has 0 bridgehead atoms. The number of aliphatic hydroxyl groups is 1. The van der Waals surface area contributed by atoms with E-state index in [1.54, 1.807) is 5.38 Å². The molecule has 4 N–H and O–H groups in total. The number of carbonyl (C=O) groups is 1. The fourth-order valence-corrected chi connectivity index (χ4v) is 2.97. The van der Waals surface area contributed by atoms with Gasteiger partial charge in [0.25, 0.3) is 5.91 Å². The Balaban J connectivity index is 1.93. The van der Waals surface area contributed by atoms with Gasteiger partial charge in [-0.2, -0.15) is 0 Å². The highest BCUT2D eigenvalue weighted by Gasteiger charge is 2.25. The van der Waals surface area contributed by atoms with E-state index in [4.69, 9.17) is 5.73 Å². The zero-order valence-electron chi connectivity index (χ0n) is 10.3. The van der Waals surface area contributed by atoms with Crippen molar-refractivity contribution in [1.29, 1.82) is 0 Å². The number of carbonyl (C=O) groups excluding carboxylic acids is 1. The van der Waals surface area contributed by atoms with E-state index in [1.807, 2.05) is 0 Å². The van der Waals surface area contributed by atoms with E-state index < -0.39 is 6.10 Å². The lowest BCUT2D eigenvalue weighted by molar-refractivity contribution is 0.0714. The second-order valence-corrected chi connectivity index (χ2v) is 5.54. The van der Waals surface area contributed by atoms with Crippen molar-refractivity contribution in [1.82, 2.24) is 10.3 Å². The molecule has 0 spiro atoms. The summed E-state index contributed by atoms with van der Waals surface area (Å²) < 4.78 is 0. The van der Waals surface area contributed by atoms with Crippen molar-refractivity contribution in [3.05, 3.63) is 16.1 Å². The van der Waals surface area contributed by atoms with Gasteiger partial charge in [0.2, 0.25) is 0 Å². The largest absolute Gasteiger partial charge is 0.391 e. The smallest absolute Gasteiger partial charge is 0.271 e. The number of hydrogen-bond acceptors (Lipinski definition) is 5. The molecule has 0 aromatic carbocycles. The molecule has 100 valence electrons. The minimum atomic E-state index is -0.426. The van der Waals surface area contributed by atoms with Crippen LogP contribution in [-0.2, 0) is 6.42 Å². The number of nitrogens with two attached hydrogens (primary N) is 1. The highest BCUT2D eigenvalue weighted by molar-refractivity contribution is 7.09. The van der Waals surface area contributed by atoms with Gasteiger partial charge in [-0.25, -0.2) is 4.98 Å². The highest BCUT2D eigenvalue weighted by Crippen LogP contribution is 2.19. The summed E-state index contributed by atoms with van der Waals surface area (Å²) in [5, 5.41) is 15.3. The Bertz CT molecular complexity index is 408. The van der Waals surface area contributed by atoms with Crippen LogP contribution in [0.1, 0.15) is 41.2 Å². The number of hydrogen-bond donors (Lipinski definition) is 3. The minimum absolute atomic E-state index is 0.133. The van der Waals surface area contributed by atoms with E-state index in [2.05, 4.69) is 10.3 Å². The van der Waals surface area contributed by atoms with E-state index in [1.165, 1.54) is 11.3 Å². The molecule has 6 heteroatoms. The second kappa shape index (κ2) is 6.26. The predicted molar refractivity (Wildman–Crippen MR) is 70.6 cm³/mol. The number of aromatic nitrogens is 1. The summed E-state index contributed by atoms with van der Waals surface area (Å²) in [4.78, 5) is 16.2. The molecule has 0 unspecified atom stereocenters. The molecule has 1 aromatic rings. The van der Waals surface area contributed by atoms with Crippen molar-refractivity contribution in [3.63, 3.8) is 0 Å². The third-order valence-electron chi connectivity index (χ3n) is 3.19. The van der Waals surface area contributed by atoms with Crippen LogP contribution in [0.4, 0.5) is 0 Å². The number of nitrogens with zero attached hydrogens (tertiary/aromatic N) is 1. The highest BCUT2D eigenvalue weighted by atomic mass is 32.1. The van der Waals surface area contributed by atoms with Gasteiger partial charge < -0.3 is 16.2 Å². The number of aliphatic hydroxyl groups excluding tert-OH is 1. The van der Waals surface area contributed by atoms with Gasteiger partial charge >= 0.3 is 0 Å². The molecule has 18 heavy (non-hydrogen) atoms. The van der Waals surface area contributed by atoms with Crippen LogP contribution in [-0.4, -0.2) is 34.7 Å². The summed E-state index contributed by atoms with van der Waals surface area (Å²) >= 11 is 1.45. The monoisotopic (exact) mass is 269 g/mol. The zero-order chi connectivity index (χ0) is 13.0. The fraction of sp³-hybridized carbons (Fsp3) is 0.667. The molecule has 1 aliphatic rings. The van der Waals surface area contributed by atoms with Crippen LogP contribution in [0, 0.1) is 0 Å². The van der Waals surface area contributed by atoms with Gasteiger partial charge in [-0.05, 0) is 19.4 Å². The Morgan fingerprint density at radius 2 is 2.33 bits per heavy atom. The zero-order valence-corrected chi connectivity index (χ0v) is 11.1. The first kappa shape index (κ1) is 13.5. The molecular weight excluding hydrogens is 250 g/mol. The first-order valence-electron chi connectivity index (χ1n) is 6.34. The van der Waals surface area contributed by atoms with E-state index in [9.17, 15) is 9.90 Å². The fourth-order valence-electron chi connectivity index (χ4n) is 2.18. The van der Waals surface area contributed by atoms with Gasteiger partial charge in [0.15, 0.2) is 0 Å². The topological polar surface area (TPSA) is 88.2 Å². The van der Waals surface area contributed by atoms with Crippen LogP contribution in [0.25, 0.3) is 0 Å². The normalized spacial score (nSPS) is 23.9. The van der Waals surface area contributed by atoms with Gasteiger partial charge in [-0.1, -0.05) is 12.8 Å². The first-order chi connectivity index (χ1) is 8.70. The Hall–Kier alpha value is -0.980. The first-order valence-corrected chi connectivity index (χ1v) is 7.22. The molecule has 1 heterocycles. The third kappa shape index (κ3) is 3.28. The van der Waals surface area contributed by atoms with Gasteiger partial charge in [0.1, 0.15) is 5.69 Å². The maximum Gasteiger partial charge on any atom is 0.271 e. The number of nitrogens with one attached hydrogen (secondary N) is 1. The van der Waals surface area contributed by atoms with E-state index >= 15 is 0 Å². The lowest BCUT2D eigenvalue weighted by Gasteiger charge is -2.27. The van der Waals surface area contributed by atoms with Gasteiger partial charge in [-0.15, -0.1) is 11.3 Å². The third-order valence-corrected chi connectivity index (χ3v) is 4.10. The van der Waals surface area contributed by atoms with Crippen LogP contribution in [0.2, 0.25) is 0 Å². The van der Waals surface area contributed by atoms with E-state index in [0.29, 0.717) is 18.7 Å². The van der Waals surface area contributed by atoms with Gasteiger partial charge in [0.05, 0.1) is 17.2 Å². The minimum Gasteiger partial charge on any atom is -0.391 e. The average Bonchev–Trinajstić information content (AvgIpc) is 2.81. The lowest BCUT2D eigenvalue weighted by atomic mass is 9.92. The van der Waals surface area contributed by atoms with Gasteiger partial charge in [-0.3, -0.25) is 4.79 Å². The van der Waals surface area contributed by atoms with Crippen LogP contribution in [0.15, 0.2) is 5.38 Å². The Labute approximate surface area is 110 Å². The molecule has 0 radical (unpaired) electrons. The summed E-state index contributed by atoms with van der Waals surface area (Å²) in [6.45, 7) is 0.538. The molecule has 1 aromatic heterocycles. The lowest BCUT2D eigenvalue weighted by Crippen LogP contribution is -2.45. The molecule has 2 rings (SSSR count). The van der Waals surface area contributed by atoms with Crippen LogP contribution in [0.3, 0.4) is 0 Å². The van der Waals surface area contributed by atoms with Gasteiger partial charge in [0, 0.05) is 11.8 Å². The second-order valence-electron chi connectivity index (χ2n) is 4.60. The molecule has 0 aliphatic heterocycles. The molecule has 1 saturated carbocycles. The van der Waals surface area contributed by atoms with Crippen molar-refractivity contribution in [2.24, 2.45) is 5.73 Å². The Morgan fingerprint density at radius 3 is 3.06 bits per heavy atom. The molecule has 0 saturated heterocycles. The summed E-state index contributed by atoms with van der Waals surface area (Å²) in [5.74, 6) is -0.194. The number of rotatable bonds is 4. The Kier molecular flexibility index (Phi) is 4.68. The van der Waals surface area contributed by atoms with Crippen molar-refractivity contribution in [2.45, 2.75) is 44.2 Å². The molecule has 1 aliphatic carbocycles. The standard InChI is InChI=1S/C12H19N3O2S/c13-6-5-11-14-9(7-18-11)12(17)15-8-3-1-2-4-10(8)16/h7-8,10,16H,1-6,13H2,(H,15,17)/t8-,10-/m0/s1. The van der Waals surface area contributed by atoms with Crippen LogP contribution < -0.4 is 11.1 Å². The van der Waals surface area contributed by atoms with Crippen LogP contribution >= 0.6 is 11.3 Å². The SMILES string of the molecule is NCCc1nc(C(=O)N[C@H]2CCCC[C@@H]2O)cs1. The molecule has 1 amide bonds. The van der Waals surface area contributed by atoms with Crippen molar-refractivity contribution in [3.8, 4) is 0 Å². The number of amides is 1. The summed E-state index contributed by atoms with van der Waals surface area (Å²) in [5.41, 5.74) is 5.88. The average molecular weight is 269 g/mol. The summed E-state index contributed by atoms with van der Waals surface area (Å²) in [6, 6.07) is -0.133. The summed E-state index contributed by atoms with van der Waals surface area (Å²) in [6.07, 6.45) is 3.96. The predicted octanol–water partition coefficient (Wildman–Crippen LogP) is 0.678. The van der Waals surface area contributed by atoms with Crippen molar-refractivity contribution < 1.29 is 9.90 Å². The summed E-state index contributed by atoms with van der Waals surface area (Å²) in [7, 11) is 0. The molecule has 2 atom stereocenters. The number of thiazole rings is 1. The van der Waals surface area contributed by atoms with E-state index in [-0.39, 0.29) is 11.9 Å². The van der Waals surface area contributed by atoms with E-state index in [0.717, 1.165) is 30.7 Å². The Morgan fingerprint density at radius 1 is 1.56 bits per heavy atom.